The Labute approximate surface area is 113 Å². The highest BCUT2D eigenvalue weighted by Crippen LogP contribution is 2.18. The van der Waals surface area contributed by atoms with Gasteiger partial charge in [0.25, 0.3) is 0 Å². The summed E-state index contributed by atoms with van der Waals surface area (Å²) in [6.07, 6.45) is 7.35. The van der Waals surface area contributed by atoms with Crippen LogP contribution in [0.3, 0.4) is 0 Å². The van der Waals surface area contributed by atoms with E-state index in [2.05, 4.69) is 16.4 Å². The molecule has 1 atom stereocenters. The van der Waals surface area contributed by atoms with Gasteiger partial charge in [0.05, 0.1) is 6.20 Å². The molecule has 0 radical (unpaired) electrons. The minimum absolute atomic E-state index is 0.595. The van der Waals surface area contributed by atoms with Gasteiger partial charge in [0, 0.05) is 6.54 Å². The lowest BCUT2D eigenvalue weighted by atomic mass is 10.1. The van der Waals surface area contributed by atoms with E-state index in [1.54, 1.807) is 4.68 Å². The molecule has 0 saturated heterocycles. The molecule has 1 heterocycles. The molecule has 2 rings (SSSR count). The Balaban J connectivity index is 1.97. The zero-order valence-electron chi connectivity index (χ0n) is 11.1. The smallest absolute Gasteiger partial charge is 0.124 e. The Bertz CT molecular complexity index is 519. The molecule has 1 aromatic heterocycles. The molecule has 19 heavy (non-hydrogen) atoms. The van der Waals surface area contributed by atoms with Crippen molar-refractivity contribution in [2.24, 2.45) is 0 Å². The number of aliphatic hydroxyl groups is 1. The van der Waals surface area contributed by atoms with Gasteiger partial charge in [0.1, 0.15) is 11.8 Å². The zero-order chi connectivity index (χ0) is 13.5. The highest BCUT2D eigenvalue weighted by molar-refractivity contribution is 5.23. The fourth-order valence-corrected chi connectivity index (χ4v) is 1.89. The molecule has 2 aromatic rings. The van der Waals surface area contributed by atoms with Gasteiger partial charge in [-0.25, -0.2) is 0 Å². The molecule has 0 bridgehead atoms. The van der Waals surface area contributed by atoms with Crippen LogP contribution in [0.25, 0.3) is 0 Å². The second-order valence-electron chi connectivity index (χ2n) is 4.43. The van der Waals surface area contributed by atoms with Crippen LogP contribution >= 0.6 is 0 Å². The number of aliphatic hydroxyl groups excluding tert-OH is 1. The molecule has 0 aliphatic heterocycles. The van der Waals surface area contributed by atoms with Gasteiger partial charge >= 0.3 is 0 Å². The number of aromatic nitrogens is 3. The largest absolute Gasteiger partial charge is 0.382 e. The Morgan fingerprint density at radius 1 is 1.32 bits per heavy atom. The third kappa shape index (κ3) is 3.76. The third-order valence-electron chi connectivity index (χ3n) is 2.95. The van der Waals surface area contributed by atoms with Crippen molar-refractivity contribution in [2.75, 3.05) is 0 Å². The van der Waals surface area contributed by atoms with Crippen LogP contribution in [-0.4, -0.2) is 20.1 Å². The standard InChI is InChI=1S/C15H19N3O/c1-2-3-4-8-11-18-12-14(16-17-18)15(19)13-9-6-5-7-10-13/h2-3,5-7,9-10,12,15,19H,4,8,11H2,1H3/b3-2+/t15-/m1/s1. The second kappa shape index (κ2) is 6.85. The Morgan fingerprint density at radius 2 is 2.11 bits per heavy atom. The normalized spacial score (nSPS) is 12.9. The summed E-state index contributed by atoms with van der Waals surface area (Å²) in [5.74, 6) is 0. The molecule has 0 unspecified atom stereocenters. The van der Waals surface area contributed by atoms with Gasteiger partial charge in [-0.1, -0.05) is 47.7 Å². The summed E-state index contributed by atoms with van der Waals surface area (Å²) in [5, 5.41) is 18.3. The maximum atomic E-state index is 10.2. The minimum Gasteiger partial charge on any atom is -0.382 e. The summed E-state index contributed by atoms with van der Waals surface area (Å²) in [6, 6.07) is 9.50. The van der Waals surface area contributed by atoms with Crippen LogP contribution in [0.5, 0.6) is 0 Å². The molecular weight excluding hydrogens is 238 g/mol. The lowest BCUT2D eigenvalue weighted by Crippen LogP contribution is -2.00. The van der Waals surface area contributed by atoms with Crippen LogP contribution in [0.2, 0.25) is 0 Å². The number of benzene rings is 1. The quantitative estimate of drug-likeness (QED) is 0.639. The molecule has 0 saturated carbocycles. The first kappa shape index (κ1) is 13.5. The van der Waals surface area contributed by atoms with E-state index in [1.807, 2.05) is 49.5 Å². The highest BCUT2D eigenvalue weighted by Gasteiger charge is 2.13. The molecule has 4 nitrogen and oxygen atoms in total. The van der Waals surface area contributed by atoms with E-state index in [0.29, 0.717) is 5.69 Å². The van der Waals surface area contributed by atoms with Gasteiger partial charge in [-0.2, -0.15) is 0 Å². The van der Waals surface area contributed by atoms with E-state index in [0.717, 1.165) is 24.9 Å². The van der Waals surface area contributed by atoms with Crippen LogP contribution in [0.4, 0.5) is 0 Å². The molecule has 0 spiro atoms. The summed E-state index contributed by atoms with van der Waals surface area (Å²) >= 11 is 0. The van der Waals surface area contributed by atoms with Crippen molar-refractivity contribution >= 4 is 0 Å². The predicted octanol–water partition coefficient (Wildman–Crippen LogP) is 2.72. The van der Waals surface area contributed by atoms with Crippen molar-refractivity contribution in [3.05, 3.63) is 59.9 Å². The molecule has 0 fully saturated rings. The van der Waals surface area contributed by atoms with E-state index < -0.39 is 6.10 Å². The Morgan fingerprint density at radius 3 is 2.84 bits per heavy atom. The summed E-state index contributed by atoms with van der Waals surface area (Å²) < 4.78 is 1.78. The first-order chi connectivity index (χ1) is 9.31. The first-order valence-electron chi connectivity index (χ1n) is 6.55. The van der Waals surface area contributed by atoms with Crippen LogP contribution in [-0.2, 0) is 6.54 Å². The summed E-state index contributed by atoms with van der Waals surface area (Å²) in [6.45, 7) is 2.84. The van der Waals surface area contributed by atoms with Gasteiger partial charge in [-0.15, -0.1) is 5.10 Å². The van der Waals surface area contributed by atoms with Crippen LogP contribution < -0.4 is 0 Å². The van der Waals surface area contributed by atoms with Crippen molar-refractivity contribution in [2.45, 2.75) is 32.4 Å². The molecule has 1 aromatic carbocycles. The zero-order valence-corrected chi connectivity index (χ0v) is 11.1. The number of hydrogen-bond acceptors (Lipinski definition) is 3. The van der Waals surface area contributed by atoms with Gasteiger partial charge in [-0.3, -0.25) is 4.68 Å². The fraction of sp³-hybridized carbons (Fsp3) is 0.333. The Kier molecular flexibility index (Phi) is 4.86. The molecule has 0 aliphatic rings. The first-order valence-corrected chi connectivity index (χ1v) is 6.55. The van der Waals surface area contributed by atoms with Gasteiger partial charge in [0.2, 0.25) is 0 Å². The molecule has 0 amide bonds. The van der Waals surface area contributed by atoms with E-state index >= 15 is 0 Å². The summed E-state index contributed by atoms with van der Waals surface area (Å²) in [4.78, 5) is 0. The molecular formula is C15H19N3O. The maximum Gasteiger partial charge on any atom is 0.124 e. The van der Waals surface area contributed by atoms with Crippen molar-refractivity contribution in [1.82, 2.24) is 15.0 Å². The average Bonchev–Trinajstić information content (AvgIpc) is 2.92. The molecule has 100 valence electrons. The molecule has 4 heteroatoms. The molecule has 1 N–H and O–H groups in total. The molecule has 0 aliphatic carbocycles. The van der Waals surface area contributed by atoms with Gasteiger partial charge < -0.3 is 5.11 Å². The highest BCUT2D eigenvalue weighted by atomic mass is 16.3. The monoisotopic (exact) mass is 257 g/mol. The number of aryl methyl sites for hydroxylation is 1. The van der Waals surface area contributed by atoms with Crippen molar-refractivity contribution < 1.29 is 5.11 Å². The van der Waals surface area contributed by atoms with Gasteiger partial charge in [-0.05, 0) is 25.3 Å². The number of nitrogens with zero attached hydrogens (tertiary/aromatic N) is 3. The topological polar surface area (TPSA) is 50.9 Å². The van der Waals surface area contributed by atoms with Crippen molar-refractivity contribution in [3.63, 3.8) is 0 Å². The van der Waals surface area contributed by atoms with E-state index in [1.165, 1.54) is 0 Å². The fourth-order valence-electron chi connectivity index (χ4n) is 1.89. The van der Waals surface area contributed by atoms with Crippen molar-refractivity contribution in [1.29, 1.82) is 0 Å². The Hall–Kier alpha value is -1.94. The average molecular weight is 257 g/mol. The number of rotatable bonds is 6. The maximum absolute atomic E-state index is 10.2. The number of unbranched alkanes of at least 4 members (excludes halogenated alkanes) is 1. The van der Waals surface area contributed by atoms with Crippen LogP contribution in [0.1, 0.15) is 37.1 Å². The number of allylic oxidation sites excluding steroid dienone is 2. The SMILES string of the molecule is C/C=C/CCCn1cc([C@H](O)c2ccccc2)nn1. The van der Waals surface area contributed by atoms with E-state index in [-0.39, 0.29) is 0 Å². The third-order valence-corrected chi connectivity index (χ3v) is 2.95. The lowest BCUT2D eigenvalue weighted by Gasteiger charge is -2.06. The second-order valence-corrected chi connectivity index (χ2v) is 4.43. The lowest BCUT2D eigenvalue weighted by molar-refractivity contribution is 0.215. The van der Waals surface area contributed by atoms with Crippen LogP contribution in [0.15, 0.2) is 48.7 Å². The predicted molar refractivity (Wildman–Crippen MR) is 74.6 cm³/mol. The van der Waals surface area contributed by atoms with E-state index in [9.17, 15) is 5.11 Å². The summed E-state index contributed by atoms with van der Waals surface area (Å²) in [5.41, 5.74) is 1.43. The minimum atomic E-state index is -0.703. The summed E-state index contributed by atoms with van der Waals surface area (Å²) in [7, 11) is 0. The van der Waals surface area contributed by atoms with Crippen molar-refractivity contribution in [3.8, 4) is 0 Å². The van der Waals surface area contributed by atoms with Crippen LogP contribution in [0, 0.1) is 0 Å². The van der Waals surface area contributed by atoms with E-state index in [4.69, 9.17) is 0 Å². The number of hydrogen-bond donors (Lipinski definition) is 1. The van der Waals surface area contributed by atoms with Gasteiger partial charge in [0.15, 0.2) is 0 Å².